The normalized spacial score (nSPS) is 15.5. The lowest BCUT2D eigenvalue weighted by Crippen LogP contribution is -2.17. The standard InChI is InChI=1S/C30H21F8NO4S/c1-14(2)42-23-8-3-15(13-39-23)21-11-16(30(36,37)38)4-6-18(21)19-9-10-41-22-12-17(5-7-20(19)22)44(40)43-29-27(34)25(32)24(31)26(33)28(29)35/h3-8,11-14,19H,9-10H2,1-2H3. The van der Waals surface area contributed by atoms with E-state index < -0.39 is 63.6 Å². The SMILES string of the molecule is CC(C)Oc1ccc(-c2cc(C(F)(F)F)ccc2C2CCOc3cc(S(=O)Oc4c(F)c(F)c(F)c(F)c4F)ccc32)cn1. The van der Waals surface area contributed by atoms with Crippen molar-refractivity contribution in [1.29, 1.82) is 0 Å². The van der Waals surface area contributed by atoms with Crippen LogP contribution in [-0.2, 0) is 17.3 Å². The average molecular weight is 644 g/mol. The van der Waals surface area contributed by atoms with Crippen molar-refractivity contribution in [2.75, 3.05) is 6.61 Å². The molecule has 4 aromatic rings. The van der Waals surface area contributed by atoms with Gasteiger partial charge in [-0.25, -0.2) is 22.4 Å². The van der Waals surface area contributed by atoms with E-state index in [1.165, 1.54) is 30.5 Å². The first-order chi connectivity index (χ1) is 20.8. The molecule has 0 radical (unpaired) electrons. The predicted octanol–water partition coefficient (Wildman–Crippen LogP) is 8.27. The summed E-state index contributed by atoms with van der Waals surface area (Å²) in [4.78, 5) is 3.98. The van der Waals surface area contributed by atoms with E-state index in [9.17, 15) is 39.3 Å². The number of alkyl halides is 3. The summed E-state index contributed by atoms with van der Waals surface area (Å²) in [5.74, 6) is -13.3. The molecule has 0 saturated heterocycles. The van der Waals surface area contributed by atoms with Crippen LogP contribution in [0, 0.1) is 29.1 Å². The fourth-order valence-electron chi connectivity index (χ4n) is 4.72. The molecule has 0 amide bonds. The molecular formula is C30H21F8NO4S. The summed E-state index contributed by atoms with van der Waals surface area (Å²) in [6.07, 6.45) is -3.04. The van der Waals surface area contributed by atoms with Crippen molar-refractivity contribution >= 4 is 11.1 Å². The second-order valence-electron chi connectivity index (χ2n) is 9.96. The van der Waals surface area contributed by atoms with Gasteiger partial charge in [-0.05, 0) is 55.7 Å². The van der Waals surface area contributed by atoms with Crippen molar-refractivity contribution < 1.29 is 53.0 Å². The number of ether oxygens (including phenoxy) is 2. The Bertz CT molecular complexity index is 1720. The Kier molecular flexibility index (Phi) is 8.56. The zero-order valence-electron chi connectivity index (χ0n) is 22.8. The van der Waals surface area contributed by atoms with Gasteiger partial charge in [0, 0.05) is 35.4 Å². The third kappa shape index (κ3) is 6.07. The van der Waals surface area contributed by atoms with Gasteiger partial charge in [0.25, 0.3) is 0 Å². The molecule has 3 aromatic carbocycles. The van der Waals surface area contributed by atoms with E-state index in [2.05, 4.69) is 9.17 Å². The minimum Gasteiger partial charge on any atom is -0.493 e. The fourth-order valence-corrected chi connectivity index (χ4v) is 5.49. The third-order valence-electron chi connectivity index (χ3n) is 6.71. The molecule has 44 heavy (non-hydrogen) atoms. The molecule has 0 spiro atoms. The second kappa shape index (κ2) is 12.1. The molecule has 1 aliphatic heterocycles. The van der Waals surface area contributed by atoms with Gasteiger partial charge in [-0.1, -0.05) is 12.1 Å². The fraction of sp³-hybridized carbons (Fsp3) is 0.233. The topological polar surface area (TPSA) is 57.7 Å². The number of fused-ring (bicyclic) bond motifs is 1. The van der Waals surface area contributed by atoms with Crippen LogP contribution in [0.5, 0.6) is 17.4 Å². The van der Waals surface area contributed by atoms with E-state index in [1.54, 1.807) is 26.0 Å². The third-order valence-corrected chi connectivity index (χ3v) is 7.66. The zero-order chi connectivity index (χ0) is 31.9. The van der Waals surface area contributed by atoms with Crippen molar-refractivity contribution in [2.45, 2.75) is 43.4 Å². The van der Waals surface area contributed by atoms with Gasteiger partial charge in [0.2, 0.25) is 51.8 Å². The Morgan fingerprint density at radius 2 is 1.55 bits per heavy atom. The van der Waals surface area contributed by atoms with Crippen molar-refractivity contribution in [3.8, 4) is 28.5 Å². The molecule has 2 heterocycles. The van der Waals surface area contributed by atoms with E-state index in [0.29, 0.717) is 29.0 Å². The van der Waals surface area contributed by atoms with Gasteiger partial charge in [-0.3, -0.25) is 0 Å². The molecule has 232 valence electrons. The first-order valence-electron chi connectivity index (χ1n) is 13.0. The lowest BCUT2D eigenvalue weighted by molar-refractivity contribution is -0.137. The number of hydrogen-bond acceptors (Lipinski definition) is 5. The Balaban J connectivity index is 1.51. The van der Waals surface area contributed by atoms with Gasteiger partial charge in [-0.15, -0.1) is 0 Å². The van der Waals surface area contributed by atoms with Gasteiger partial charge in [0.05, 0.1) is 23.2 Å². The van der Waals surface area contributed by atoms with E-state index in [4.69, 9.17) is 9.47 Å². The maximum absolute atomic E-state index is 14.1. The molecule has 1 aliphatic rings. The Morgan fingerprint density at radius 3 is 2.16 bits per heavy atom. The quantitative estimate of drug-likeness (QED) is 0.115. The lowest BCUT2D eigenvalue weighted by atomic mass is 9.82. The summed E-state index contributed by atoms with van der Waals surface area (Å²) in [6, 6.07) is 10.3. The lowest BCUT2D eigenvalue weighted by Gasteiger charge is -2.28. The van der Waals surface area contributed by atoms with Gasteiger partial charge in [0.1, 0.15) is 5.75 Å². The summed E-state index contributed by atoms with van der Waals surface area (Å²) in [7, 11) is 0. The maximum Gasteiger partial charge on any atom is 0.416 e. The highest BCUT2D eigenvalue weighted by Crippen LogP contribution is 2.44. The minimum atomic E-state index is -4.62. The Morgan fingerprint density at radius 1 is 0.886 bits per heavy atom. The van der Waals surface area contributed by atoms with Crippen molar-refractivity contribution in [1.82, 2.24) is 4.98 Å². The molecule has 0 bridgehead atoms. The van der Waals surface area contributed by atoms with Crippen molar-refractivity contribution in [3.63, 3.8) is 0 Å². The molecular weight excluding hydrogens is 622 g/mol. The van der Waals surface area contributed by atoms with Crippen LogP contribution in [0.4, 0.5) is 35.1 Å². The first-order valence-corrected chi connectivity index (χ1v) is 14.1. The van der Waals surface area contributed by atoms with E-state index in [1.807, 2.05) is 0 Å². The summed E-state index contributed by atoms with van der Waals surface area (Å²) in [5.41, 5.74) is 0.769. The van der Waals surface area contributed by atoms with E-state index in [0.717, 1.165) is 12.1 Å². The Labute approximate surface area is 248 Å². The van der Waals surface area contributed by atoms with E-state index >= 15 is 0 Å². The van der Waals surface area contributed by atoms with Crippen LogP contribution in [0.2, 0.25) is 0 Å². The van der Waals surface area contributed by atoms with E-state index in [-0.39, 0.29) is 28.9 Å². The van der Waals surface area contributed by atoms with Crippen LogP contribution in [-0.4, -0.2) is 21.9 Å². The highest BCUT2D eigenvalue weighted by Gasteiger charge is 2.34. The average Bonchev–Trinajstić information content (AvgIpc) is 3.00. The predicted molar refractivity (Wildman–Crippen MR) is 142 cm³/mol. The molecule has 0 aliphatic carbocycles. The number of nitrogens with zero attached hydrogens (tertiary/aromatic N) is 1. The number of hydrogen-bond donors (Lipinski definition) is 0. The largest absolute Gasteiger partial charge is 0.493 e. The summed E-state index contributed by atoms with van der Waals surface area (Å²) in [6.45, 7) is 3.69. The molecule has 0 N–H and O–H groups in total. The van der Waals surface area contributed by atoms with Crippen molar-refractivity contribution in [3.05, 3.63) is 101 Å². The molecule has 14 heteroatoms. The van der Waals surface area contributed by atoms with Gasteiger partial charge in [0.15, 0.2) is 0 Å². The number of rotatable bonds is 7. The van der Waals surface area contributed by atoms with Crippen LogP contribution >= 0.6 is 0 Å². The smallest absolute Gasteiger partial charge is 0.416 e. The second-order valence-corrected chi connectivity index (χ2v) is 11.1. The van der Waals surface area contributed by atoms with Gasteiger partial charge in [-0.2, -0.15) is 22.0 Å². The highest BCUT2D eigenvalue weighted by atomic mass is 32.2. The number of halogens is 8. The van der Waals surface area contributed by atoms with Crippen LogP contribution in [0.15, 0.2) is 59.6 Å². The van der Waals surface area contributed by atoms with Crippen LogP contribution in [0.3, 0.4) is 0 Å². The number of benzene rings is 3. The monoisotopic (exact) mass is 643 g/mol. The van der Waals surface area contributed by atoms with Crippen LogP contribution in [0.25, 0.3) is 11.1 Å². The molecule has 1 aromatic heterocycles. The molecule has 0 saturated carbocycles. The molecule has 2 atom stereocenters. The maximum atomic E-state index is 14.1. The summed E-state index contributed by atoms with van der Waals surface area (Å²) < 4.78 is 138. The molecule has 0 fully saturated rings. The molecule has 5 nitrogen and oxygen atoms in total. The van der Waals surface area contributed by atoms with Crippen LogP contribution < -0.4 is 13.7 Å². The van der Waals surface area contributed by atoms with Gasteiger partial charge >= 0.3 is 6.18 Å². The number of aromatic nitrogens is 1. The van der Waals surface area contributed by atoms with Gasteiger partial charge < -0.3 is 13.7 Å². The zero-order valence-corrected chi connectivity index (χ0v) is 23.6. The Hall–Kier alpha value is -4.20. The highest BCUT2D eigenvalue weighted by molar-refractivity contribution is 7.80. The first kappa shape index (κ1) is 31.2. The molecule has 2 unspecified atom stereocenters. The summed E-state index contributed by atoms with van der Waals surface area (Å²) in [5, 5.41) is 0. The number of pyridine rings is 1. The summed E-state index contributed by atoms with van der Waals surface area (Å²) >= 11 is -2.75. The minimum absolute atomic E-state index is 0.0894. The van der Waals surface area contributed by atoms with Crippen molar-refractivity contribution in [2.24, 2.45) is 0 Å². The van der Waals surface area contributed by atoms with Crippen LogP contribution in [0.1, 0.15) is 42.9 Å². The molecule has 5 rings (SSSR count).